The Morgan fingerprint density at radius 2 is 1.64 bits per heavy atom. The minimum Gasteiger partial charge on any atom is -0.223 e. The molecule has 1 N–H and O–H groups in total. The van der Waals surface area contributed by atoms with Crippen LogP contribution in [0.2, 0.25) is 0 Å². The summed E-state index contributed by atoms with van der Waals surface area (Å²) in [6, 6.07) is 16.7. The monoisotopic (exact) mass is 435 g/mol. The van der Waals surface area contributed by atoms with Crippen LogP contribution >= 0.6 is 11.3 Å². The number of benzene rings is 2. The van der Waals surface area contributed by atoms with Gasteiger partial charge in [-0.25, -0.2) is 21.6 Å². The molecule has 5 nitrogen and oxygen atoms in total. The summed E-state index contributed by atoms with van der Waals surface area (Å²) in [5.41, 5.74) is 1.43. The van der Waals surface area contributed by atoms with Crippen LogP contribution in [0.5, 0.6) is 0 Å². The summed E-state index contributed by atoms with van der Waals surface area (Å²) in [5.74, 6) is 0. The number of hydrogen-bond donors (Lipinski definition) is 1. The lowest BCUT2D eigenvalue weighted by Gasteiger charge is -2.18. The highest BCUT2D eigenvalue weighted by molar-refractivity contribution is 7.92. The van der Waals surface area contributed by atoms with Crippen LogP contribution in [0.4, 0.5) is 0 Å². The highest BCUT2D eigenvalue weighted by Gasteiger charge is 2.31. The zero-order valence-corrected chi connectivity index (χ0v) is 17.9. The Morgan fingerprint density at radius 3 is 2.29 bits per heavy atom. The van der Waals surface area contributed by atoms with Crippen molar-refractivity contribution in [2.75, 3.05) is 6.54 Å². The van der Waals surface area contributed by atoms with Crippen LogP contribution in [-0.2, 0) is 19.9 Å². The van der Waals surface area contributed by atoms with Gasteiger partial charge in [0.2, 0.25) is 10.0 Å². The maximum absolute atomic E-state index is 13.2. The summed E-state index contributed by atoms with van der Waals surface area (Å²) in [6.45, 7) is 3.28. The molecule has 0 saturated carbocycles. The molecule has 0 amide bonds. The summed E-state index contributed by atoms with van der Waals surface area (Å²) in [6.07, 6.45) is 0. The van der Waals surface area contributed by atoms with E-state index in [0.717, 1.165) is 5.56 Å². The molecule has 2 aromatic carbocycles. The number of rotatable bonds is 7. The summed E-state index contributed by atoms with van der Waals surface area (Å²) in [5, 5.41) is 0.775. The van der Waals surface area contributed by atoms with Crippen LogP contribution in [0.3, 0.4) is 0 Å². The van der Waals surface area contributed by atoms with Crippen molar-refractivity contribution in [2.24, 2.45) is 0 Å². The van der Waals surface area contributed by atoms with Crippen molar-refractivity contribution in [3.63, 3.8) is 0 Å². The van der Waals surface area contributed by atoms with Gasteiger partial charge in [-0.1, -0.05) is 36.4 Å². The number of nitrogens with one attached hydrogen (secondary N) is 1. The topological polar surface area (TPSA) is 80.3 Å². The van der Waals surface area contributed by atoms with Gasteiger partial charge in [0.1, 0.15) is 5.25 Å². The van der Waals surface area contributed by atoms with Gasteiger partial charge in [0, 0.05) is 11.4 Å². The molecule has 3 rings (SSSR count). The Kier molecular flexibility index (Phi) is 6.04. The first-order valence-corrected chi connectivity index (χ1v) is 12.5. The van der Waals surface area contributed by atoms with Crippen molar-refractivity contribution in [2.45, 2.75) is 28.9 Å². The second-order valence-corrected chi connectivity index (χ2v) is 11.3. The fourth-order valence-corrected chi connectivity index (χ4v) is 7.16. The second kappa shape index (κ2) is 8.16. The zero-order valence-electron chi connectivity index (χ0n) is 15.5. The normalized spacial score (nSPS) is 13.4. The first-order chi connectivity index (χ1) is 13.2. The number of thiophene rings is 1. The molecule has 1 heterocycles. The highest BCUT2D eigenvalue weighted by Crippen LogP contribution is 2.31. The molecule has 0 aliphatic heterocycles. The van der Waals surface area contributed by atoms with Crippen molar-refractivity contribution in [1.82, 2.24) is 4.72 Å². The van der Waals surface area contributed by atoms with Gasteiger partial charge >= 0.3 is 0 Å². The van der Waals surface area contributed by atoms with E-state index in [2.05, 4.69) is 4.72 Å². The lowest BCUT2D eigenvalue weighted by atomic mass is 10.2. The zero-order chi connectivity index (χ0) is 20.4. The van der Waals surface area contributed by atoms with Gasteiger partial charge in [-0.3, -0.25) is 0 Å². The largest absolute Gasteiger partial charge is 0.240 e. The van der Waals surface area contributed by atoms with Gasteiger partial charge in [-0.15, -0.1) is 11.3 Å². The summed E-state index contributed by atoms with van der Waals surface area (Å²) >= 11 is 1.29. The van der Waals surface area contributed by atoms with E-state index >= 15 is 0 Å². The third kappa shape index (κ3) is 4.35. The van der Waals surface area contributed by atoms with E-state index in [1.54, 1.807) is 54.8 Å². The van der Waals surface area contributed by atoms with Crippen LogP contribution in [0, 0.1) is 13.8 Å². The summed E-state index contributed by atoms with van der Waals surface area (Å²) < 4.78 is 54.5. The molecule has 8 heteroatoms. The molecule has 28 heavy (non-hydrogen) atoms. The first kappa shape index (κ1) is 20.7. The molecule has 0 saturated heterocycles. The Hall–Kier alpha value is -2.00. The molecule has 0 radical (unpaired) electrons. The fourth-order valence-electron chi connectivity index (χ4n) is 2.87. The van der Waals surface area contributed by atoms with Gasteiger partial charge in [0.15, 0.2) is 9.84 Å². The molecule has 0 spiro atoms. The van der Waals surface area contributed by atoms with Gasteiger partial charge in [0.25, 0.3) is 0 Å². The van der Waals surface area contributed by atoms with E-state index in [1.165, 1.54) is 23.5 Å². The van der Waals surface area contributed by atoms with Gasteiger partial charge in [-0.05, 0) is 54.6 Å². The second-order valence-electron chi connectivity index (χ2n) is 6.48. The summed E-state index contributed by atoms with van der Waals surface area (Å²) in [7, 11) is -7.62. The van der Waals surface area contributed by atoms with Gasteiger partial charge in [0.05, 0.1) is 9.79 Å². The molecule has 3 aromatic rings. The average Bonchev–Trinajstić information content (AvgIpc) is 3.18. The Balaban J connectivity index is 1.95. The molecule has 1 atom stereocenters. The van der Waals surface area contributed by atoms with Crippen molar-refractivity contribution >= 4 is 31.2 Å². The molecule has 0 unspecified atom stereocenters. The maximum Gasteiger partial charge on any atom is 0.240 e. The molecule has 148 valence electrons. The van der Waals surface area contributed by atoms with E-state index in [-0.39, 0.29) is 16.3 Å². The molecule has 0 aliphatic rings. The van der Waals surface area contributed by atoms with Crippen molar-refractivity contribution in [3.8, 4) is 0 Å². The van der Waals surface area contributed by atoms with E-state index in [1.807, 2.05) is 13.0 Å². The lowest BCUT2D eigenvalue weighted by molar-refractivity contribution is 0.569. The molecule has 1 aromatic heterocycles. The highest BCUT2D eigenvalue weighted by atomic mass is 32.2. The Morgan fingerprint density at radius 1 is 0.929 bits per heavy atom. The van der Waals surface area contributed by atoms with Crippen LogP contribution in [0.1, 0.15) is 21.3 Å². The van der Waals surface area contributed by atoms with Crippen LogP contribution in [0.25, 0.3) is 0 Å². The van der Waals surface area contributed by atoms with Crippen LogP contribution < -0.4 is 4.72 Å². The molecular formula is C20H21NO4S3. The van der Waals surface area contributed by atoms with Crippen LogP contribution in [0.15, 0.2) is 75.8 Å². The van der Waals surface area contributed by atoms with Crippen molar-refractivity contribution < 1.29 is 16.8 Å². The number of hydrogen-bond acceptors (Lipinski definition) is 5. The number of sulfone groups is 1. The Bertz CT molecular complexity index is 1150. The number of sulfonamides is 1. The predicted octanol–water partition coefficient (Wildman–Crippen LogP) is 3.86. The van der Waals surface area contributed by atoms with E-state index in [0.29, 0.717) is 10.4 Å². The molecular weight excluding hydrogens is 414 g/mol. The maximum atomic E-state index is 13.2. The quantitative estimate of drug-likeness (QED) is 0.611. The van der Waals surface area contributed by atoms with Crippen molar-refractivity contribution in [3.05, 3.63) is 82.0 Å². The average molecular weight is 436 g/mol. The molecule has 0 bridgehead atoms. The van der Waals surface area contributed by atoms with E-state index < -0.39 is 25.1 Å². The van der Waals surface area contributed by atoms with Gasteiger partial charge < -0.3 is 0 Å². The van der Waals surface area contributed by atoms with Crippen LogP contribution in [-0.4, -0.2) is 23.4 Å². The minimum absolute atomic E-state index is 0.162. The molecule has 0 fully saturated rings. The fraction of sp³-hybridized carbons (Fsp3) is 0.200. The third-order valence-electron chi connectivity index (χ3n) is 4.40. The predicted molar refractivity (Wildman–Crippen MR) is 112 cm³/mol. The lowest BCUT2D eigenvalue weighted by Crippen LogP contribution is -2.32. The van der Waals surface area contributed by atoms with E-state index in [4.69, 9.17) is 0 Å². The molecule has 0 aliphatic carbocycles. The van der Waals surface area contributed by atoms with Crippen molar-refractivity contribution in [1.29, 1.82) is 0 Å². The smallest absolute Gasteiger partial charge is 0.223 e. The third-order valence-corrected chi connectivity index (χ3v) is 9.20. The first-order valence-electron chi connectivity index (χ1n) is 8.61. The van der Waals surface area contributed by atoms with E-state index in [9.17, 15) is 16.8 Å². The number of aryl methyl sites for hydroxylation is 2. The Labute approximate surface area is 170 Å². The standard InChI is InChI=1S/C20H21NO4S3/c1-15-10-11-16(2)19(13-15)28(24,25)21-14-20(18-9-6-12-26-18)27(22,23)17-7-4-3-5-8-17/h3-13,20-21H,14H2,1-2H3/t20-/m1/s1. The minimum atomic E-state index is -3.85. The van der Waals surface area contributed by atoms with Gasteiger partial charge in [-0.2, -0.15) is 0 Å². The summed E-state index contributed by atoms with van der Waals surface area (Å²) in [4.78, 5) is 0.918. The SMILES string of the molecule is Cc1ccc(C)c(S(=O)(=O)NC[C@H](c2cccs2)S(=O)(=O)c2ccccc2)c1.